The van der Waals surface area contributed by atoms with Gasteiger partial charge < -0.3 is 15.1 Å². The molecule has 0 bridgehead atoms. The van der Waals surface area contributed by atoms with Crippen LogP contribution in [0.1, 0.15) is 28.9 Å². The number of carbonyl (C=O) groups is 2. The fraction of sp³-hybridized carbons (Fsp3) is 0.190. The molecule has 0 saturated carbocycles. The zero-order valence-electron chi connectivity index (χ0n) is 14.9. The molecule has 136 valence electrons. The summed E-state index contributed by atoms with van der Waals surface area (Å²) in [6.45, 7) is 2.32. The van der Waals surface area contributed by atoms with Crippen LogP contribution in [0.3, 0.4) is 0 Å². The van der Waals surface area contributed by atoms with Gasteiger partial charge in [0.15, 0.2) is 0 Å². The zero-order chi connectivity index (χ0) is 18.8. The van der Waals surface area contributed by atoms with Crippen LogP contribution in [0.4, 0.5) is 5.82 Å². The van der Waals surface area contributed by atoms with Crippen molar-refractivity contribution in [1.29, 1.82) is 0 Å². The molecule has 0 aliphatic carbocycles. The average Bonchev–Trinajstić information content (AvgIpc) is 3.00. The molecule has 0 spiro atoms. The van der Waals surface area contributed by atoms with Crippen LogP contribution in [0.25, 0.3) is 17.0 Å². The van der Waals surface area contributed by atoms with E-state index < -0.39 is 0 Å². The van der Waals surface area contributed by atoms with Crippen LogP contribution in [0.2, 0.25) is 0 Å². The number of nitrogens with one attached hydrogen (secondary N) is 2. The monoisotopic (exact) mass is 361 g/mol. The van der Waals surface area contributed by atoms with E-state index in [-0.39, 0.29) is 11.8 Å². The van der Waals surface area contributed by atoms with Crippen LogP contribution >= 0.6 is 0 Å². The van der Waals surface area contributed by atoms with Crippen molar-refractivity contribution < 1.29 is 14.0 Å². The minimum Gasteiger partial charge on any atom is -0.459 e. The second-order valence-corrected chi connectivity index (χ2v) is 6.52. The summed E-state index contributed by atoms with van der Waals surface area (Å²) in [5, 5.41) is 6.64. The van der Waals surface area contributed by atoms with Crippen molar-refractivity contribution in [2.75, 3.05) is 5.32 Å². The molecule has 0 saturated heterocycles. The minimum atomic E-state index is -0.208. The smallest absolute Gasteiger partial charge is 0.244 e. The molecule has 0 atom stereocenters. The van der Waals surface area contributed by atoms with E-state index in [1.807, 2.05) is 37.3 Å². The first-order valence-corrected chi connectivity index (χ1v) is 8.82. The van der Waals surface area contributed by atoms with Crippen molar-refractivity contribution in [2.24, 2.45) is 0 Å². The lowest BCUT2D eigenvalue weighted by Gasteiger charge is -2.15. The first kappa shape index (κ1) is 17.0. The molecule has 1 aliphatic heterocycles. The molecule has 4 rings (SSSR count). The van der Waals surface area contributed by atoms with Crippen molar-refractivity contribution >= 4 is 34.7 Å². The van der Waals surface area contributed by atoms with Crippen molar-refractivity contribution in [3.63, 3.8) is 0 Å². The Morgan fingerprint density at radius 1 is 1.33 bits per heavy atom. The number of pyridine rings is 1. The maximum absolute atomic E-state index is 12.1. The van der Waals surface area contributed by atoms with Crippen LogP contribution in [0.5, 0.6) is 0 Å². The highest BCUT2D eigenvalue weighted by Gasteiger charge is 2.15. The third kappa shape index (κ3) is 3.60. The summed E-state index contributed by atoms with van der Waals surface area (Å²) < 4.78 is 5.80. The maximum Gasteiger partial charge on any atom is 0.244 e. The second kappa shape index (κ2) is 7.07. The van der Waals surface area contributed by atoms with Gasteiger partial charge in [-0.3, -0.25) is 9.59 Å². The van der Waals surface area contributed by atoms with E-state index in [1.54, 1.807) is 12.3 Å². The molecule has 6 heteroatoms. The Kier molecular flexibility index (Phi) is 4.46. The SMILES string of the molecule is Cc1c(CNC(=O)C=Cc2cnc3c(c2)CCC(=O)N3)oc2ccccc12. The standard InChI is InChI=1S/C21H19N3O3/c1-13-16-4-2-3-5-17(16)27-18(13)12-22-19(25)8-6-14-10-15-7-9-20(26)24-21(15)23-11-14/h2-6,8,10-11H,7,9,12H2,1H3,(H,22,25)(H,23,24,26). The number of rotatable bonds is 4. The van der Waals surface area contributed by atoms with Crippen LogP contribution < -0.4 is 10.6 Å². The molecule has 2 aromatic heterocycles. The molecule has 0 fully saturated rings. The van der Waals surface area contributed by atoms with E-state index in [2.05, 4.69) is 15.6 Å². The first-order chi connectivity index (χ1) is 13.1. The molecule has 1 aliphatic rings. The number of hydrogen-bond acceptors (Lipinski definition) is 4. The van der Waals surface area contributed by atoms with Crippen molar-refractivity contribution in [2.45, 2.75) is 26.3 Å². The number of aryl methyl sites for hydroxylation is 2. The van der Waals surface area contributed by atoms with Gasteiger partial charge in [0.25, 0.3) is 0 Å². The Hall–Kier alpha value is -3.41. The van der Waals surface area contributed by atoms with Crippen molar-refractivity contribution in [3.8, 4) is 0 Å². The highest BCUT2D eigenvalue weighted by molar-refractivity contribution is 5.94. The van der Waals surface area contributed by atoms with Gasteiger partial charge in [-0.1, -0.05) is 18.2 Å². The molecule has 2 N–H and O–H groups in total. The highest BCUT2D eigenvalue weighted by Crippen LogP contribution is 2.24. The van der Waals surface area contributed by atoms with E-state index >= 15 is 0 Å². The van der Waals surface area contributed by atoms with Crippen LogP contribution in [-0.2, 0) is 22.6 Å². The third-order valence-corrected chi connectivity index (χ3v) is 4.66. The van der Waals surface area contributed by atoms with Crippen molar-refractivity contribution in [3.05, 3.63) is 65.1 Å². The van der Waals surface area contributed by atoms with E-state index in [4.69, 9.17) is 4.42 Å². The number of fused-ring (bicyclic) bond motifs is 2. The number of aromatic nitrogens is 1. The van der Waals surface area contributed by atoms with E-state index in [0.717, 1.165) is 33.4 Å². The summed E-state index contributed by atoms with van der Waals surface area (Å²) in [7, 11) is 0. The number of anilines is 1. The molecule has 2 amide bonds. The number of hydrogen-bond donors (Lipinski definition) is 2. The predicted octanol–water partition coefficient (Wildman–Crippen LogP) is 3.35. The Labute approximate surface area is 156 Å². The van der Waals surface area contributed by atoms with Gasteiger partial charge in [-0.25, -0.2) is 4.98 Å². The number of carbonyl (C=O) groups excluding carboxylic acids is 2. The maximum atomic E-state index is 12.1. The number of benzene rings is 1. The van der Waals surface area contributed by atoms with Gasteiger partial charge in [0.2, 0.25) is 11.8 Å². The number of para-hydroxylation sites is 1. The Morgan fingerprint density at radius 2 is 2.19 bits per heavy atom. The summed E-state index contributed by atoms with van der Waals surface area (Å²) in [4.78, 5) is 27.7. The van der Waals surface area contributed by atoms with Crippen LogP contribution in [0.15, 0.2) is 47.0 Å². The van der Waals surface area contributed by atoms with Crippen molar-refractivity contribution in [1.82, 2.24) is 10.3 Å². The summed E-state index contributed by atoms with van der Waals surface area (Å²) in [6, 6.07) is 9.75. The quantitative estimate of drug-likeness (QED) is 0.698. The topological polar surface area (TPSA) is 84.2 Å². The van der Waals surface area contributed by atoms with E-state index in [9.17, 15) is 9.59 Å². The number of nitrogens with zero attached hydrogens (tertiary/aromatic N) is 1. The van der Waals surface area contributed by atoms with Gasteiger partial charge in [0.05, 0.1) is 6.54 Å². The number of furan rings is 1. The molecule has 0 unspecified atom stereocenters. The molecule has 3 heterocycles. The zero-order valence-corrected chi connectivity index (χ0v) is 14.9. The van der Waals surface area contributed by atoms with E-state index in [0.29, 0.717) is 25.2 Å². The number of amides is 2. The Balaban J connectivity index is 1.40. The van der Waals surface area contributed by atoms with Crippen LogP contribution in [0, 0.1) is 6.92 Å². The lowest BCUT2D eigenvalue weighted by atomic mass is 10.0. The molecule has 6 nitrogen and oxygen atoms in total. The van der Waals surface area contributed by atoms with Gasteiger partial charge in [-0.2, -0.15) is 0 Å². The largest absolute Gasteiger partial charge is 0.459 e. The average molecular weight is 361 g/mol. The molecule has 3 aromatic rings. The Morgan fingerprint density at radius 3 is 3.04 bits per heavy atom. The van der Waals surface area contributed by atoms with Gasteiger partial charge in [-0.15, -0.1) is 0 Å². The molecule has 1 aromatic carbocycles. The van der Waals surface area contributed by atoms with Gasteiger partial charge in [0, 0.05) is 29.6 Å². The first-order valence-electron chi connectivity index (χ1n) is 8.82. The summed E-state index contributed by atoms with van der Waals surface area (Å²) in [6.07, 6.45) is 5.94. The predicted molar refractivity (Wildman–Crippen MR) is 103 cm³/mol. The molecular weight excluding hydrogens is 342 g/mol. The van der Waals surface area contributed by atoms with Gasteiger partial charge in [0.1, 0.15) is 17.2 Å². The lowest BCUT2D eigenvalue weighted by molar-refractivity contribution is -0.117. The fourth-order valence-corrected chi connectivity index (χ4v) is 3.16. The van der Waals surface area contributed by atoms with Gasteiger partial charge >= 0.3 is 0 Å². The third-order valence-electron chi connectivity index (χ3n) is 4.66. The molecular formula is C21H19N3O3. The lowest BCUT2D eigenvalue weighted by Crippen LogP contribution is -2.20. The van der Waals surface area contributed by atoms with Gasteiger partial charge in [-0.05, 0) is 42.7 Å². The van der Waals surface area contributed by atoms with E-state index in [1.165, 1.54) is 6.08 Å². The normalized spacial score (nSPS) is 13.6. The highest BCUT2D eigenvalue weighted by atomic mass is 16.3. The summed E-state index contributed by atoms with van der Waals surface area (Å²) in [5.41, 5.74) is 3.66. The molecule has 27 heavy (non-hydrogen) atoms. The second-order valence-electron chi connectivity index (χ2n) is 6.52. The van der Waals surface area contributed by atoms with Crippen LogP contribution in [-0.4, -0.2) is 16.8 Å². The summed E-state index contributed by atoms with van der Waals surface area (Å²) in [5.74, 6) is 1.14. The summed E-state index contributed by atoms with van der Waals surface area (Å²) >= 11 is 0. The molecule has 0 radical (unpaired) electrons. The minimum absolute atomic E-state index is 0.0152. The fourth-order valence-electron chi connectivity index (χ4n) is 3.16. The Bertz CT molecular complexity index is 1070.